The molecule has 3 nitrogen and oxygen atoms in total. The van der Waals surface area contributed by atoms with Gasteiger partial charge in [0.25, 0.3) is 0 Å². The second-order valence-corrected chi connectivity index (χ2v) is 3.54. The summed E-state index contributed by atoms with van der Waals surface area (Å²) in [6.07, 6.45) is 2.05. The molecular weight excluding hydrogens is 192 g/mol. The Kier molecular flexibility index (Phi) is 4.16. The van der Waals surface area contributed by atoms with Crippen LogP contribution in [0.1, 0.15) is 24.0 Å². The Morgan fingerprint density at radius 2 is 2.20 bits per heavy atom. The van der Waals surface area contributed by atoms with Gasteiger partial charge in [-0.15, -0.1) is 0 Å². The van der Waals surface area contributed by atoms with E-state index in [2.05, 4.69) is 4.74 Å². The van der Waals surface area contributed by atoms with Crippen molar-refractivity contribution in [3.63, 3.8) is 0 Å². The summed E-state index contributed by atoms with van der Waals surface area (Å²) in [5, 5.41) is 9.22. The lowest BCUT2D eigenvalue weighted by molar-refractivity contribution is -0.140. The molecule has 0 aliphatic heterocycles. The highest BCUT2D eigenvalue weighted by atomic mass is 16.5. The molecule has 1 aromatic carbocycles. The minimum Gasteiger partial charge on any atom is -0.508 e. The van der Waals surface area contributed by atoms with E-state index in [0.717, 1.165) is 24.0 Å². The minimum atomic E-state index is -0.175. The molecule has 0 fully saturated rings. The number of hydrogen-bond acceptors (Lipinski definition) is 3. The molecule has 0 saturated carbocycles. The molecule has 0 atom stereocenters. The van der Waals surface area contributed by atoms with E-state index in [1.807, 2.05) is 13.0 Å². The second-order valence-electron chi connectivity index (χ2n) is 3.54. The van der Waals surface area contributed by atoms with Gasteiger partial charge in [0, 0.05) is 6.42 Å². The molecule has 1 aromatic rings. The van der Waals surface area contributed by atoms with Crippen LogP contribution in [0.15, 0.2) is 18.2 Å². The summed E-state index contributed by atoms with van der Waals surface area (Å²) in [6.45, 7) is 1.95. The first-order valence-corrected chi connectivity index (χ1v) is 4.99. The average Bonchev–Trinajstić information content (AvgIpc) is 2.21. The highest BCUT2D eigenvalue weighted by molar-refractivity contribution is 5.69. The van der Waals surface area contributed by atoms with Crippen LogP contribution in [0.25, 0.3) is 0 Å². The van der Waals surface area contributed by atoms with E-state index in [9.17, 15) is 9.90 Å². The molecular formula is C12H16O3. The number of benzene rings is 1. The van der Waals surface area contributed by atoms with E-state index in [4.69, 9.17) is 0 Å². The number of phenolic OH excluding ortho intramolecular Hbond substituents is 1. The maximum atomic E-state index is 10.9. The van der Waals surface area contributed by atoms with Gasteiger partial charge in [0.05, 0.1) is 7.11 Å². The third-order valence-electron chi connectivity index (χ3n) is 2.38. The third kappa shape index (κ3) is 3.62. The van der Waals surface area contributed by atoms with E-state index < -0.39 is 0 Å². The van der Waals surface area contributed by atoms with Crippen LogP contribution in [0.4, 0.5) is 0 Å². The van der Waals surface area contributed by atoms with Crippen molar-refractivity contribution in [3.05, 3.63) is 29.3 Å². The van der Waals surface area contributed by atoms with Crippen LogP contribution in [0, 0.1) is 6.92 Å². The van der Waals surface area contributed by atoms with Gasteiger partial charge in [-0.1, -0.05) is 6.07 Å². The van der Waals surface area contributed by atoms with Gasteiger partial charge in [0.1, 0.15) is 5.75 Å². The molecule has 0 aliphatic carbocycles. The molecule has 82 valence electrons. The summed E-state index contributed by atoms with van der Waals surface area (Å²) in [7, 11) is 1.40. The molecule has 1 rings (SSSR count). The smallest absolute Gasteiger partial charge is 0.305 e. The summed E-state index contributed by atoms with van der Waals surface area (Å²) < 4.78 is 4.56. The van der Waals surface area contributed by atoms with Crippen molar-refractivity contribution in [1.82, 2.24) is 0 Å². The molecule has 0 unspecified atom stereocenters. The summed E-state index contributed by atoms with van der Waals surface area (Å²) in [6, 6.07) is 5.29. The standard InChI is InChI=1S/C12H16O3/c1-9-8-11(13)7-6-10(9)4-3-5-12(14)15-2/h6-8,13H,3-5H2,1-2H3. The van der Waals surface area contributed by atoms with Gasteiger partial charge in [-0.3, -0.25) is 4.79 Å². The molecule has 0 amide bonds. The van der Waals surface area contributed by atoms with Gasteiger partial charge in [-0.25, -0.2) is 0 Å². The first-order chi connectivity index (χ1) is 7.13. The van der Waals surface area contributed by atoms with Crippen molar-refractivity contribution in [2.75, 3.05) is 7.11 Å². The number of esters is 1. The van der Waals surface area contributed by atoms with Crippen LogP contribution in [0.5, 0.6) is 5.75 Å². The fourth-order valence-corrected chi connectivity index (χ4v) is 1.49. The Morgan fingerprint density at radius 3 is 2.80 bits per heavy atom. The summed E-state index contributed by atoms with van der Waals surface area (Å²) >= 11 is 0. The van der Waals surface area contributed by atoms with Crippen LogP contribution in [0.3, 0.4) is 0 Å². The van der Waals surface area contributed by atoms with Crippen LogP contribution >= 0.6 is 0 Å². The molecule has 1 N–H and O–H groups in total. The van der Waals surface area contributed by atoms with Crippen LogP contribution < -0.4 is 0 Å². The zero-order valence-corrected chi connectivity index (χ0v) is 9.12. The minimum absolute atomic E-state index is 0.175. The van der Waals surface area contributed by atoms with Gasteiger partial charge in [-0.05, 0) is 43.0 Å². The van der Waals surface area contributed by atoms with Crippen molar-refractivity contribution in [1.29, 1.82) is 0 Å². The lowest BCUT2D eigenvalue weighted by Gasteiger charge is -2.05. The summed E-state index contributed by atoms with van der Waals surface area (Å²) in [5.74, 6) is 0.107. The van der Waals surface area contributed by atoms with Crippen molar-refractivity contribution < 1.29 is 14.6 Å². The second kappa shape index (κ2) is 5.39. The number of aryl methyl sites for hydroxylation is 2. The van der Waals surface area contributed by atoms with E-state index in [1.54, 1.807) is 12.1 Å². The van der Waals surface area contributed by atoms with Gasteiger partial charge in [0.2, 0.25) is 0 Å². The zero-order valence-electron chi connectivity index (χ0n) is 9.12. The lowest BCUT2D eigenvalue weighted by atomic mass is 10.0. The number of rotatable bonds is 4. The maximum Gasteiger partial charge on any atom is 0.305 e. The zero-order chi connectivity index (χ0) is 11.3. The molecule has 0 heterocycles. The first-order valence-electron chi connectivity index (χ1n) is 4.99. The van der Waals surface area contributed by atoms with Gasteiger partial charge in [0.15, 0.2) is 0 Å². The van der Waals surface area contributed by atoms with Crippen molar-refractivity contribution in [2.24, 2.45) is 0 Å². The predicted octanol–water partition coefficient (Wildman–Crippen LogP) is 2.20. The van der Waals surface area contributed by atoms with Gasteiger partial charge >= 0.3 is 5.97 Å². The normalized spacial score (nSPS) is 10.0. The maximum absolute atomic E-state index is 10.9. The molecule has 0 saturated heterocycles. The number of ether oxygens (including phenoxy) is 1. The SMILES string of the molecule is COC(=O)CCCc1ccc(O)cc1C. The number of aromatic hydroxyl groups is 1. The highest BCUT2D eigenvalue weighted by Crippen LogP contribution is 2.17. The topological polar surface area (TPSA) is 46.5 Å². The number of carbonyl (C=O) groups is 1. The monoisotopic (exact) mass is 208 g/mol. The van der Waals surface area contributed by atoms with E-state index in [0.29, 0.717) is 6.42 Å². The number of hydrogen-bond donors (Lipinski definition) is 1. The average molecular weight is 208 g/mol. The van der Waals surface area contributed by atoms with Gasteiger partial charge < -0.3 is 9.84 Å². The Bertz CT molecular complexity index is 345. The van der Waals surface area contributed by atoms with E-state index in [1.165, 1.54) is 7.11 Å². The molecule has 0 spiro atoms. The van der Waals surface area contributed by atoms with Crippen LogP contribution in [-0.2, 0) is 16.0 Å². The van der Waals surface area contributed by atoms with Crippen LogP contribution in [-0.4, -0.2) is 18.2 Å². The first kappa shape index (κ1) is 11.6. The molecule has 0 aromatic heterocycles. The molecule has 3 heteroatoms. The van der Waals surface area contributed by atoms with Gasteiger partial charge in [-0.2, -0.15) is 0 Å². The molecule has 0 aliphatic rings. The molecule has 0 radical (unpaired) electrons. The quantitative estimate of drug-likeness (QED) is 0.771. The fraction of sp³-hybridized carbons (Fsp3) is 0.417. The highest BCUT2D eigenvalue weighted by Gasteiger charge is 2.03. The van der Waals surface area contributed by atoms with Crippen molar-refractivity contribution in [2.45, 2.75) is 26.2 Å². The Labute approximate surface area is 89.7 Å². The van der Waals surface area contributed by atoms with Crippen molar-refractivity contribution in [3.8, 4) is 5.75 Å². The Balaban J connectivity index is 2.47. The molecule has 15 heavy (non-hydrogen) atoms. The number of methoxy groups -OCH3 is 1. The summed E-state index contributed by atoms with van der Waals surface area (Å²) in [5.41, 5.74) is 2.22. The third-order valence-corrected chi connectivity index (χ3v) is 2.38. The van der Waals surface area contributed by atoms with E-state index >= 15 is 0 Å². The number of phenols is 1. The van der Waals surface area contributed by atoms with E-state index in [-0.39, 0.29) is 11.7 Å². The molecule has 0 bridgehead atoms. The number of carbonyl (C=O) groups excluding carboxylic acids is 1. The summed E-state index contributed by atoms with van der Waals surface area (Å²) in [4.78, 5) is 10.9. The Hall–Kier alpha value is -1.51. The largest absolute Gasteiger partial charge is 0.508 e. The lowest BCUT2D eigenvalue weighted by Crippen LogP contribution is -2.01. The van der Waals surface area contributed by atoms with Crippen molar-refractivity contribution >= 4 is 5.97 Å². The van der Waals surface area contributed by atoms with Crippen LogP contribution in [0.2, 0.25) is 0 Å². The Morgan fingerprint density at radius 1 is 1.47 bits per heavy atom. The fourth-order valence-electron chi connectivity index (χ4n) is 1.49. The predicted molar refractivity (Wildman–Crippen MR) is 57.8 cm³/mol.